The molecule has 1 aliphatic rings. The van der Waals surface area contributed by atoms with Gasteiger partial charge < -0.3 is 5.73 Å². The van der Waals surface area contributed by atoms with Crippen molar-refractivity contribution in [1.29, 1.82) is 0 Å². The lowest BCUT2D eigenvalue weighted by molar-refractivity contribution is 0.0391. The zero-order chi connectivity index (χ0) is 15.0. The predicted octanol–water partition coefficient (Wildman–Crippen LogP) is 4.10. The zero-order valence-corrected chi connectivity index (χ0v) is 13.3. The summed E-state index contributed by atoms with van der Waals surface area (Å²) < 4.78 is 0. The quantitative estimate of drug-likeness (QED) is 0.853. The van der Waals surface area contributed by atoms with E-state index in [0.29, 0.717) is 6.04 Å². The van der Waals surface area contributed by atoms with Gasteiger partial charge in [0.2, 0.25) is 0 Å². The van der Waals surface area contributed by atoms with Crippen LogP contribution in [0.1, 0.15) is 45.2 Å². The molecule has 2 aromatic carbocycles. The van der Waals surface area contributed by atoms with Gasteiger partial charge in [0.05, 0.1) is 6.04 Å². The third-order valence-corrected chi connectivity index (χ3v) is 4.68. The van der Waals surface area contributed by atoms with Crippen molar-refractivity contribution >= 4 is 10.8 Å². The van der Waals surface area contributed by atoms with Crippen LogP contribution in [-0.2, 0) is 0 Å². The van der Waals surface area contributed by atoms with Crippen LogP contribution >= 0.6 is 0 Å². The molecule has 2 N–H and O–H groups in total. The minimum atomic E-state index is 0.139. The fourth-order valence-electron chi connectivity index (χ4n) is 3.68. The summed E-state index contributed by atoms with van der Waals surface area (Å²) in [6.07, 6.45) is 2.31. The molecule has 1 fully saturated rings. The van der Waals surface area contributed by atoms with E-state index in [0.717, 1.165) is 13.0 Å². The molecule has 0 saturated carbocycles. The number of rotatable bonds is 1. The molecular formula is C19H26N2. The van der Waals surface area contributed by atoms with E-state index in [1.807, 2.05) is 0 Å². The molecule has 0 bridgehead atoms. The van der Waals surface area contributed by atoms with Crippen LogP contribution in [0.25, 0.3) is 10.8 Å². The second-order valence-corrected chi connectivity index (χ2v) is 7.18. The van der Waals surface area contributed by atoms with Crippen molar-refractivity contribution in [2.45, 2.75) is 51.2 Å². The first kappa shape index (κ1) is 14.6. The second kappa shape index (κ2) is 5.43. The van der Waals surface area contributed by atoms with Crippen molar-refractivity contribution in [3.8, 4) is 0 Å². The van der Waals surface area contributed by atoms with E-state index in [4.69, 9.17) is 5.73 Å². The molecule has 0 aliphatic carbocycles. The van der Waals surface area contributed by atoms with Gasteiger partial charge in [-0.1, -0.05) is 42.5 Å². The Morgan fingerprint density at radius 2 is 1.76 bits per heavy atom. The number of hydrogen-bond acceptors (Lipinski definition) is 2. The van der Waals surface area contributed by atoms with Crippen molar-refractivity contribution in [3.63, 3.8) is 0 Å². The fourth-order valence-corrected chi connectivity index (χ4v) is 3.68. The van der Waals surface area contributed by atoms with Crippen LogP contribution in [0, 0.1) is 0 Å². The van der Waals surface area contributed by atoms with Crippen molar-refractivity contribution in [1.82, 2.24) is 4.90 Å². The van der Waals surface area contributed by atoms with Crippen molar-refractivity contribution in [2.75, 3.05) is 6.54 Å². The summed E-state index contributed by atoms with van der Waals surface area (Å²) in [5, 5.41) is 2.65. The van der Waals surface area contributed by atoms with Crippen LogP contribution in [0.15, 0.2) is 42.5 Å². The molecule has 1 heterocycles. The predicted molar refractivity (Wildman–Crippen MR) is 90.4 cm³/mol. The topological polar surface area (TPSA) is 29.3 Å². The lowest BCUT2D eigenvalue weighted by Crippen LogP contribution is -2.53. The molecule has 2 unspecified atom stereocenters. The molecule has 1 saturated heterocycles. The lowest BCUT2D eigenvalue weighted by Gasteiger charge is -2.47. The van der Waals surface area contributed by atoms with Gasteiger partial charge in [-0.3, -0.25) is 4.90 Å². The molecule has 2 nitrogen and oxygen atoms in total. The van der Waals surface area contributed by atoms with Crippen LogP contribution in [0.2, 0.25) is 0 Å². The van der Waals surface area contributed by atoms with Gasteiger partial charge in [-0.25, -0.2) is 0 Å². The van der Waals surface area contributed by atoms with E-state index >= 15 is 0 Å². The molecule has 0 aromatic heterocycles. The van der Waals surface area contributed by atoms with Gasteiger partial charge in [0.1, 0.15) is 0 Å². The first-order valence-corrected chi connectivity index (χ1v) is 7.98. The smallest absolute Gasteiger partial charge is 0.0510 e. The molecule has 2 atom stereocenters. The lowest BCUT2D eigenvalue weighted by atomic mass is 9.85. The average Bonchev–Trinajstić information content (AvgIpc) is 2.46. The van der Waals surface area contributed by atoms with E-state index in [2.05, 4.69) is 68.1 Å². The third-order valence-electron chi connectivity index (χ3n) is 4.68. The number of nitrogens with zero attached hydrogens (tertiary/aromatic N) is 1. The van der Waals surface area contributed by atoms with E-state index in [1.165, 1.54) is 22.8 Å². The third kappa shape index (κ3) is 2.70. The monoisotopic (exact) mass is 282 g/mol. The first-order chi connectivity index (χ1) is 9.98. The molecule has 3 rings (SSSR count). The highest BCUT2D eigenvalue weighted by Crippen LogP contribution is 2.38. The van der Waals surface area contributed by atoms with Gasteiger partial charge in [0.15, 0.2) is 0 Å². The first-order valence-electron chi connectivity index (χ1n) is 7.98. The minimum absolute atomic E-state index is 0.139. The van der Waals surface area contributed by atoms with Crippen LogP contribution in [0.4, 0.5) is 0 Å². The molecule has 112 valence electrons. The Labute approximate surface area is 127 Å². The maximum atomic E-state index is 6.55. The summed E-state index contributed by atoms with van der Waals surface area (Å²) in [6.45, 7) is 8.01. The second-order valence-electron chi connectivity index (χ2n) is 7.18. The van der Waals surface area contributed by atoms with Crippen LogP contribution < -0.4 is 5.73 Å². The summed E-state index contributed by atoms with van der Waals surface area (Å²) in [6, 6.07) is 15.8. The molecule has 21 heavy (non-hydrogen) atoms. The highest BCUT2D eigenvalue weighted by molar-refractivity contribution is 5.86. The van der Waals surface area contributed by atoms with Crippen molar-refractivity contribution in [3.05, 3.63) is 48.0 Å². The van der Waals surface area contributed by atoms with E-state index < -0.39 is 0 Å². The Morgan fingerprint density at radius 1 is 1.05 bits per heavy atom. The molecule has 2 aromatic rings. The van der Waals surface area contributed by atoms with Crippen LogP contribution in [-0.4, -0.2) is 23.0 Å². The highest BCUT2D eigenvalue weighted by Gasteiger charge is 2.36. The maximum Gasteiger partial charge on any atom is 0.0510 e. The largest absolute Gasteiger partial charge is 0.326 e. The number of likely N-dealkylation sites (tertiary alicyclic amines) is 1. The Hall–Kier alpha value is -1.38. The van der Waals surface area contributed by atoms with Crippen LogP contribution in [0.3, 0.4) is 0 Å². The SMILES string of the molecule is CC(C)(C)N1CCCC(N)C1c1cccc2ccccc12. The highest BCUT2D eigenvalue weighted by atomic mass is 15.2. The number of fused-ring (bicyclic) bond motifs is 1. The van der Waals surface area contributed by atoms with Gasteiger partial charge >= 0.3 is 0 Å². The summed E-state index contributed by atoms with van der Waals surface area (Å²) >= 11 is 0. The summed E-state index contributed by atoms with van der Waals surface area (Å²) in [5.41, 5.74) is 8.07. The number of benzene rings is 2. The fraction of sp³-hybridized carbons (Fsp3) is 0.474. The molecule has 0 radical (unpaired) electrons. The molecule has 1 aliphatic heterocycles. The molecular weight excluding hydrogens is 256 g/mol. The zero-order valence-electron chi connectivity index (χ0n) is 13.3. The van der Waals surface area contributed by atoms with Crippen molar-refractivity contribution in [2.24, 2.45) is 5.73 Å². The Balaban J connectivity index is 2.13. The normalized spacial score (nSPS) is 24.4. The van der Waals surface area contributed by atoms with E-state index in [9.17, 15) is 0 Å². The molecule has 0 amide bonds. The van der Waals surface area contributed by atoms with E-state index in [-0.39, 0.29) is 11.6 Å². The maximum absolute atomic E-state index is 6.55. The Morgan fingerprint density at radius 3 is 2.52 bits per heavy atom. The van der Waals surface area contributed by atoms with E-state index in [1.54, 1.807) is 0 Å². The van der Waals surface area contributed by atoms with Crippen molar-refractivity contribution < 1.29 is 0 Å². The Bertz CT molecular complexity index is 621. The summed E-state index contributed by atoms with van der Waals surface area (Å²) in [4.78, 5) is 2.59. The minimum Gasteiger partial charge on any atom is -0.326 e. The van der Waals surface area contributed by atoms with Gasteiger partial charge in [-0.05, 0) is 56.5 Å². The number of hydrogen-bond donors (Lipinski definition) is 1. The van der Waals surface area contributed by atoms with Gasteiger partial charge in [-0.2, -0.15) is 0 Å². The van der Waals surface area contributed by atoms with Gasteiger partial charge in [0, 0.05) is 11.6 Å². The standard InChI is InChI=1S/C19H26N2/c1-19(2,3)21-13-7-12-17(20)18(21)16-11-6-9-14-8-4-5-10-15(14)16/h4-6,8-11,17-18H,7,12-13,20H2,1-3H3. The molecule has 2 heteroatoms. The summed E-state index contributed by atoms with van der Waals surface area (Å²) in [7, 11) is 0. The van der Waals surface area contributed by atoms with Gasteiger partial charge in [-0.15, -0.1) is 0 Å². The molecule has 0 spiro atoms. The van der Waals surface area contributed by atoms with Gasteiger partial charge in [0.25, 0.3) is 0 Å². The number of nitrogens with two attached hydrogens (primary N) is 1. The summed E-state index contributed by atoms with van der Waals surface area (Å²) in [5.74, 6) is 0. The Kier molecular flexibility index (Phi) is 3.76. The number of piperidine rings is 1. The van der Waals surface area contributed by atoms with Crippen LogP contribution in [0.5, 0.6) is 0 Å². The average molecular weight is 282 g/mol.